The van der Waals surface area contributed by atoms with Gasteiger partial charge in [-0.2, -0.15) is 5.10 Å². The molecule has 1 atom stereocenters. The van der Waals surface area contributed by atoms with E-state index < -0.39 is 0 Å². The Morgan fingerprint density at radius 3 is 2.63 bits per heavy atom. The van der Waals surface area contributed by atoms with Crippen LogP contribution in [0.2, 0.25) is 0 Å². The van der Waals surface area contributed by atoms with Crippen molar-refractivity contribution in [3.8, 4) is 0 Å². The zero-order valence-corrected chi connectivity index (χ0v) is 12.5. The van der Waals surface area contributed by atoms with Crippen molar-refractivity contribution in [3.63, 3.8) is 0 Å². The molecule has 0 radical (unpaired) electrons. The monoisotopic (exact) mass is 257 g/mol. The molecule has 1 aromatic heterocycles. The van der Waals surface area contributed by atoms with E-state index in [4.69, 9.17) is 0 Å². The average molecular weight is 257 g/mol. The first-order valence-corrected chi connectivity index (χ1v) is 6.79. The molecule has 0 fully saturated rings. The van der Waals surface area contributed by atoms with E-state index in [1.807, 2.05) is 7.05 Å². The first-order valence-electron chi connectivity index (χ1n) is 6.79. The first kappa shape index (κ1) is 13.8. The molecule has 0 spiro atoms. The first-order chi connectivity index (χ1) is 9.02. The van der Waals surface area contributed by atoms with E-state index in [-0.39, 0.29) is 0 Å². The third-order valence-electron chi connectivity index (χ3n) is 3.72. The Balaban J connectivity index is 2.32. The molecule has 1 N–H and O–H groups in total. The Morgan fingerprint density at radius 1 is 1.26 bits per heavy atom. The SMILES string of the molecule is CNC(C)c1c(C)nn(Cc2cccc(C)c2)c1C. The van der Waals surface area contributed by atoms with Gasteiger partial charge in [0.15, 0.2) is 0 Å². The van der Waals surface area contributed by atoms with E-state index >= 15 is 0 Å². The van der Waals surface area contributed by atoms with Crippen LogP contribution in [0.5, 0.6) is 0 Å². The number of aryl methyl sites for hydroxylation is 2. The van der Waals surface area contributed by atoms with Crippen molar-refractivity contribution in [2.75, 3.05) is 7.05 Å². The van der Waals surface area contributed by atoms with Gasteiger partial charge in [0.2, 0.25) is 0 Å². The number of aromatic nitrogens is 2. The molecule has 0 saturated carbocycles. The number of nitrogens with one attached hydrogen (secondary N) is 1. The molecule has 1 heterocycles. The number of hydrogen-bond acceptors (Lipinski definition) is 2. The van der Waals surface area contributed by atoms with Gasteiger partial charge in [-0.3, -0.25) is 4.68 Å². The van der Waals surface area contributed by atoms with E-state index in [1.165, 1.54) is 22.4 Å². The Kier molecular flexibility index (Phi) is 4.05. The van der Waals surface area contributed by atoms with E-state index in [0.717, 1.165) is 12.2 Å². The van der Waals surface area contributed by atoms with Crippen molar-refractivity contribution < 1.29 is 0 Å². The zero-order valence-electron chi connectivity index (χ0n) is 12.5. The van der Waals surface area contributed by atoms with Gasteiger partial charge in [-0.1, -0.05) is 29.8 Å². The quantitative estimate of drug-likeness (QED) is 0.912. The highest BCUT2D eigenvalue weighted by atomic mass is 15.3. The minimum Gasteiger partial charge on any atom is -0.313 e. The molecule has 3 nitrogen and oxygen atoms in total. The predicted molar refractivity (Wildman–Crippen MR) is 79.5 cm³/mol. The van der Waals surface area contributed by atoms with Crippen LogP contribution in [0.1, 0.15) is 41.0 Å². The number of rotatable bonds is 4. The van der Waals surface area contributed by atoms with Gasteiger partial charge in [0.05, 0.1) is 12.2 Å². The molecular weight excluding hydrogens is 234 g/mol. The van der Waals surface area contributed by atoms with Gasteiger partial charge in [-0.05, 0) is 40.3 Å². The Hall–Kier alpha value is -1.61. The van der Waals surface area contributed by atoms with Gasteiger partial charge in [-0.15, -0.1) is 0 Å². The second kappa shape index (κ2) is 5.57. The van der Waals surface area contributed by atoms with Crippen LogP contribution in [-0.4, -0.2) is 16.8 Å². The third kappa shape index (κ3) is 2.87. The van der Waals surface area contributed by atoms with Crippen LogP contribution >= 0.6 is 0 Å². The summed E-state index contributed by atoms with van der Waals surface area (Å²) < 4.78 is 2.10. The van der Waals surface area contributed by atoms with Crippen molar-refractivity contribution in [1.29, 1.82) is 0 Å². The summed E-state index contributed by atoms with van der Waals surface area (Å²) in [6, 6.07) is 8.95. The molecule has 19 heavy (non-hydrogen) atoms. The van der Waals surface area contributed by atoms with Gasteiger partial charge in [0, 0.05) is 17.3 Å². The maximum Gasteiger partial charge on any atom is 0.0662 e. The molecule has 0 aliphatic rings. The highest BCUT2D eigenvalue weighted by molar-refractivity contribution is 5.29. The minimum atomic E-state index is 0.339. The maximum atomic E-state index is 4.68. The average Bonchev–Trinajstić information content (AvgIpc) is 2.64. The predicted octanol–water partition coefficient (Wildman–Crippen LogP) is 3.14. The topological polar surface area (TPSA) is 29.9 Å². The van der Waals surface area contributed by atoms with Crippen molar-refractivity contribution in [3.05, 3.63) is 52.3 Å². The molecule has 0 amide bonds. The summed E-state index contributed by atoms with van der Waals surface area (Å²) in [5.41, 5.74) is 6.28. The summed E-state index contributed by atoms with van der Waals surface area (Å²) >= 11 is 0. The summed E-state index contributed by atoms with van der Waals surface area (Å²) in [5.74, 6) is 0. The van der Waals surface area contributed by atoms with Crippen molar-refractivity contribution >= 4 is 0 Å². The molecule has 2 rings (SSSR count). The summed E-state index contributed by atoms with van der Waals surface area (Å²) in [4.78, 5) is 0. The van der Waals surface area contributed by atoms with Crippen molar-refractivity contribution in [2.24, 2.45) is 0 Å². The molecule has 2 aromatic rings. The van der Waals surface area contributed by atoms with Crippen molar-refractivity contribution in [1.82, 2.24) is 15.1 Å². The Bertz CT molecular complexity index is 569. The lowest BCUT2D eigenvalue weighted by atomic mass is 10.1. The van der Waals surface area contributed by atoms with Crippen LogP contribution in [0.3, 0.4) is 0 Å². The highest BCUT2D eigenvalue weighted by Crippen LogP contribution is 2.21. The Labute approximate surface area is 115 Å². The maximum absolute atomic E-state index is 4.68. The lowest BCUT2D eigenvalue weighted by Crippen LogP contribution is -2.14. The third-order valence-corrected chi connectivity index (χ3v) is 3.72. The fourth-order valence-corrected chi connectivity index (χ4v) is 2.62. The number of nitrogens with zero attached hydrogens (tertiary/aromatic N) is 2. The molecule has 102 valence electrons. The number of benzene rings is 1. The van der Waals surface area contributed by atoms with Crippen LogP contribution in [0.4, 0.5) is 0 Å². The summed E-state index contributed by atoms with van der Waals surface area (Å²) in [7, 11) is 1.99. The normalized spacial score (nSPS) is 12.7. The second-order valence-corrected chi connectivity index (χ2v) is 5.24. The molecule has 0 bridgehead atoms. The molecule has 3 heteroatoms. The van der Waals surface area contributed by atoms with Gasteiger partial charge in [-0.25, -0.2) is 0 Å². The Morgan fingerprint density at radius 2 is 2.00 bits per heavy atom. The summed E-state index contributed by atoms with van der Waals surface area (Å²) in [5, 5.41) is 7.98. The zero-order chi connectivity index (χ0) is 14.0. The second-order valence-electron chi connectivity index (χ2n) is 5.24. The lowest BCUT2D eigenvalue weighted by molar-refractivity contribution is 0.632. The molecular formula is C16H23N3. The number of hydrogen-bond donors (Lipinski definition) is 1. The van der Waals surface area contributed by atoms with Crippen LogP contribution in [0.25, 0.3) is 0 Å². The lowest BCUT2D eigenvalue weighted by Gasteiger charge is -2.11. The van der Waals surface area contributed by atoms with E-state index in [1.54, 1.807) is 0 Å². The molecule has 1 unspecified atom stereocenters. The molecule has 0 aliphatic carbocycles. The summed E-state index contributed by atoms with van der Waals surface area (Å²) in [6.45, 7) is 9.37. The van der Waals surface area contributed by atoms with Crippen LogP contribution < -0.4 is 5.32 Å². The van der Waals surface area contributed by atoms with Gasteiger partial charge < -0.3 is 5.32 Å². The van der Waals surface area contributed by atoms with Gasteiger partial charge >= 0.3 is 0 Å². The van der Waals surface area contributed by atoms with E-state index in [0.29, 0.717) is 6.04 Å². The summed E-state index contributed by atoms with van der Waals surface area (Å²) in [6.07, 6.45) is 0. The van der Waals surface area contributed by atoms with Gasteiger partial charge in [0.1, 0.15) is 0 Å². The van der Waals surface area contributed by atoms with Gasteiger partial charge in [0.25, 0.3) is 0 Å². The molecule has 1 aromatic carbocycles. The fraction of sp³-hybridized carbons (Fsp3) is 0.438. The highest BCUT2D eigenvalue weighted by Gasteiger charge is 2.16. The van der Waals surface area contributed by atoms with Crippen molar-refractivity contribution in [2.45, 2.75) is 40.3 Å². The fourth-order valence-electron chi connectivity index (χ4n) is 2.62. The molecule has 0 aliphatic heterocycles. The largest absolute Gasteiger partial charge is 0.313 e. The van der Waals surface area contributed by atoms with E-state index in [9.17, 15) is 0 Å². The van der Waals surface area contributed by atoms with Crippen LogP contribution in [0, 0.1) is 20.8 Å². The standard InChI is InChI=1S/C16H23N3/c1-11-7-6-8-15(9-11)10-19-14(4)16(12(2)17-5)13(3)18-19/h6-9,12,17H,10H2,1-5H3. The smallest absolute Gasteiger partial charge is 0.0662 e. The molecule has 0 saturated heterocycles. The minimum absolute atomic E-state index is 0.339. The van der Waals surface area contributed by atoms with E-state index in [2.05, 4.69) is 67.1 Å². The van der Waals surface area contributed by atoms with Crippen LogP contribution in [-0.2, 0) is 6.54 Å². The van der Waals surface area contributed by atoms with Crippen LogP contribution in [0.15, 0.2) is 24.3 Å².